The summed E-state index contributed by atoms with van der Waals surface area (Å²) in [5, 5.41) is 0. The molecule has 1 aliphatic heterocycles. The number of piperidine rings is 1. The standard InChI is InChI=1S/C32H36F3N3O4S/c1-19-20(2)22(4)29(23(5)21(19)3)43(41,42)36-27-13-9-25(10-14-27)31(40)38-17-15-28(16-18-38)37(6)30(39)24-7-11-26(12-8-24)32(33,34)35/h7-14,28,36H,15-18H2,1-6H3. The molecule has 0 aliphatic carbocycles. The number of rotatable bonds is 6. The van der Waals surface area contributed by atoms with Crippen LogP contribution in [0.5, 0.6) is 0 Å². The lowest BCUT2D eigenvalue weighted by Gasteiger charge is -2.37. The normalized spacial score (nSPS) is 14.5. The number of nitrogens with one attached hydrogen (secondary N) is 1. The van der Waals surface area contributed by atoms with Gasteiger partial charge in [-0.2, -0.15) is 13.2 Å². The zero-order chi connectivity index (χ0) is 31.9. The Morgan fingerprint density at radius 3 is 1.74 bits per heavy atom. The summed E-state index contributed by atoms with van der Waals surface area (Å²) in [6.45, 7) is 10.2. The van der Waals surface area contributed by atoms with Crippen LogP contribution in [-0.2, 0) is 16.2 Å². The number of hydrogen-bond acceptors (Lipinski definition) is 4. The van der Waals surface area contributed by atoms with Crippen LogP contribution in [0, 0.1) is 34.6 Å². The fraction of sp³-hybridized carbons (Fsp3) is 0.375. The Bertz CT molecular complexity index is 1610. The van der Waals surface area contributed by atoms with Gasteiger partial charge in [0.25, 0.3) is 21.8 Å². The summed E-state index contributed by atoms with van der Waals surface area (Å²) in [4.78, 5) is 29.5. The van der Waals surface area contributed by atoms with Crippen molar-refractivity contribution in [1.82, 2.24) is 9.80 Å². The minimum absolute atomic E-state index is 0.169. The molecule has 3 aromatic rings. The van der Waals surface area contributed by atoms with Gasteiger partial charge in [-0.25, -0.2) is 8.42 Å². The first-order chi connectivity index (χ1) is 20.0. The third-order valence-electron chi connectivity index (χ3n) is 8.66. The Morgan fingerprint density at radius 2 is 1.26 bits per heavy atom. The van der Waals surface area contributed by atoms with Crippen molar-refractivity contribution >= 4 is 27.5 Å². The molecule has 0 aromatic heterocycles. The molecule has 1 fully saturated rings. The van der Waals surface area contributed by atoms with Crippen LogP contribution < -0.4 is 4.72 Å². The van der Waals surface area contributed by atoms with Crippen molar-refractivity contribution in [2.75, 3.05) is 24.9 Å². The molecule has 0 spiro atoms. The van der Waals surface area contributed by atoms with Gasteiger partial charge in [0.1, 0.15) is 0 Å². The number of hydrogen-bond donors (Lipinski definition) is 1. The van der Waals surface area contributed by atoms with Gasteiger partial charge in [0, 0.05) is 43.0 Å². The molecule has 4 rings (SSSR count). The summed E-state index contributed by atoms with van der Waals surface area (Å²) in [6.07, 6.45) is -3.44. The number of carbonyl (C=O) groups is 2. The average Bonchev–Trinajstić information content (AvgIpc) is 2.97. The number of benzene rings is 3. The lowest BCUT2D eigenvalue weighted by molar-refractivity contribution is -0.137. The summed E-state index contributed by atoms with van der Waals surface area (Å²) in [7, 11) is -2.25. The van der Waals surface area contributed by atoms with E-state index in [1.165, 1.54) is 17.0 Å². The van der Waals surface area contributed by atoms with E-state index in [0.717, 1.165) is 28.8 Å². The Labute approximate surface area is 250 Å². The van der Waals surface area contributed by atoms with Gasteiger partial charge < -0.3 is 9.80 Å². The predicted octanol–water partition coefficient (Wildman–Crippen LogP) is 6.43. The van der Waals surface area contributed by atoms with Crippen molar-refractivity contribution in [1.29, 1.82) is 0 Å². The van der Waals surface area contributed by atoms with Crippen LogP contribution in [0.1, 0.15) is 66.9 Å². The first-order valence-corrected chi connectivity index (χ1v) is 15.4. The highest BCUT2D eigenvalue weighted by molar-refractivity contribution is 7.92. The first-order valence-electron chi connectivity index (χ1n) is 14.0. The fourth-order valence-electron chi connectivity index (χ4n) is 5.57. The Hall–Kier alpha value is -3.86. The van der Waals surface area contributed by atoms with E-state index in [1.807, 2.05) is 20.8 Å². The molecule has 11 heteroatoms. The number of alkyl halides is 3. The Kier molecular flexibility index (Phi) is 8.97. The molecule has 2 amide bonds. The minimum Gasteiger partial charge on any atom is -0.339 e. The number of likely N-dealkylation sites (tertiary alicyclic amines) is 1. The molecule has 1 heterocycles. The topological polar surface area (TPSA) is 86.8 Å². The molecule has 1 N–H and O–H groups in total. The molecule has 0 saturated carbocycles. The largest absolute Gasteiger partial charge is 0.416 e. The zero-order valence-corrected chi connectivity index (χ0v) is 25.9. The van der Waals surface area contributed by atoms with E-state index in [0.29, 0.717) is 48.3 Å². The molecular formula is C32H36F3N3O4S. The summed E-state index contributed by atoms with van der Waals surface area (Å²) in [6, 6.07) is 10.3. The quantitative estimate of drug-likeness (QED) is 0.347. The van der Waals surface area contributed by atoms with Crippen LogP contribution >= 0.6 is 0 Å². The zero-order valence-electron chi connectivity index (χ0n) is 25.1. The summed E-state index contributed by atoms with van der Waals surface area (Å²) in [5.41, 5.74) is 4.45. The monoisotopic (exact) mass is 615 g/mol. The second-order valence-corrected chi connectivity index (χ2v) is 12.8. The van der Waals surface area contributed by atoms with E-state index in [2.05, 4.69) is 4.72 Å². The third kappa shape index (κ3) is 6.56. The van der Waals surface area contributed by atoms with Crippen LogP contribution in [0.2, 0.25) is 0 Å². The van der Waals surface area contributed by atoms with Crippen molar-refractivity contribution in [3.63, 3.8) is 0 Å². The van der Waals surface area contributed by atoms with Gasteiger partial charge in [-0.1, -0.05) is 0 Å². The second kappa shape index (κ2) is 12.0. The highest BCUT2D eigenvalue weighted by atomic mass is 32.2. The molecular weight excluding hydrogens is 579 g/mol. The Morgan fingerprint density at radius 1 is 0.791 bits per heavy atom. The van der Waals surface area contributed by atoms with Crippen LogP contribution in [0.4, 0.5) is 18.9 Å². The molecule has 43 heavy (non-hydrogen) atoms. The molecule has 3 aromatic carbocycles. The van der Waals surface area contributed by atoms with Gasteiger partial charge in [-0.15, -0.1) is 0 Å². The van der Waals surface area contributed by atoms with Gasteiger partial charge in [-0.3, -0.25) is 14.3 Å². The van der Waals surface area contributed by atoms with E-state index in [4.69, 9.17) is 0 Å². The number of nitrogens with zero attached hydrogens (tertiary/aromatic N) is 2. The van der Waals surface area contributed by atoms with E-state index in [-0.39, 0.29) is 28.3 Å². The van der Waals surface area contributed by atoms with E-state index in [9.17, 15) is 31.2 Å². The van der Waals surface area contributed by atoms with Gasteiger partial charge in [0.2, 0.25) is 0 Å². The SMILES string of the molecule is Cc1c(C)c(C)c(S(=O)(=O)Nc2ccc(C(=O)N3CCC(N(C)C(=O)c4ccc(C(F)(F)F)cc4)CC3)cc2)c(C)c1C. The molecule has 0 bridgehead atoms. The first kappa shape index (κ1) is 32.1. The molecule has 1 aliphatic rings. The maximum absolute atomic E-state index is 13.3. The van der Waals surface area contributed by atoms with Crippen molar-refractivity contribution < 1.29 is 31.2 Å². The van der Waals surface area contributed by atoms with Crippen molar-refractivity contribution in [3.05, 3.63) is 93.0 Å². The number of sulfonamides is 1. The lowest BCUT2D eigenvalue weighted by Crippen LogP contribution is -2.47. The van der Waals surface area contributed by atoms with Crippen LogP contribution in [0.3, 0.4) is 0 Å². The summed E-state index contributed by atoms with van der Waals surface area (Å²) in [5.74, 6) is -0.584. The fourth-order valence-corrected chi connectivity index (χ4v) is 7.23. The maximum Gasteiger partial charge on any atom is 0.416 e. The molecule has 0 unspecified atom stereocenters. The lowest BCUT2D eigenvalue weighted by atomic mass is 9.95. The van der Waals surface area contributed by atoms with Crippen LogP contribution in [0.25, 0.3) is 0 Å². The van der Waals surface area contributed by atoms with Gasteiger partial charge in [0.05, 0.1) is 10.5 Å². The minimum atomic E-state index is -4.47. The van der Waals surface area contributed by atoms with E-state index in [1.54, 1.807) is 50.1 Å². The van der Waals surface area contributed by atoms with E-state index >= 15 is 0 Å². The highest BCUT2D eigenvalue weighted by Crippen LogP contribution is 2.32. The number of carbonyl (C=O) groups excluding carboxylic acids is 2. The van der Waals surface area contributed by atoms with Crippen molar-refractivity contribution in [3.8, 4) is 0 Å². The second-order valence-electron chi connectivity index (χ2n) is 11.2. The molecule has 0 radical (unpaired) electrons. The van der Waals surface area contributed by atoms with Gasteiger partial charge >= 0.3 is 6.18 Å². The van der Waals surface area contributed by atoms with E-state index < -0.39 is 21.8 Å². The van der Waals surface area contributed by atoms with Crippen molar-refractivity contribution in [2.24, 2.45) is 0 Å². The van der Waals surface area contributed by atoms with Crippen LogP contribution in [-0.4, -0.2) is 56.2 Å². The van der Waals surface area contributed by atoms with Gasteiger partial charge in [-0.05, 0) is 124 Å². The van der Waals surface area contributed by atoms with Crippen LogP contribution in [0.15, 0.2) is 53.4 Å². The Balaban J connectivity index is 1.38. The van der Waals surface area contributed by atoms with Gasteiger partial charge in [0.15, 0.2) is 0 Å². The third-order valence-corrected chi connectivity index (χ3v) is 10.3. The number of amides is 2. The van der Waals surface area contributed by atoms with Crippen molar-refractivity contribution in [2.45, 2.75) is 64.6 Å². The maximum atomic E-state index is 13.3. The smallest absolute Gasteiger partial charge is 0.339 e. The average molecular weight is 616 g/mol. The highest BCUT2D eigenvalue weighted by Gasteiger charge is 2.32. The summed E-state index contributed by atoms with van der Waals surface area (Å²) < 4.78 is 67.9. The predicted molar refractivity (Wildman–Crippen MR) is 160 cm³/mol. The molecule has 7 nitrogen and oxygen atoms in total. The molecule has 0 atom stereocenters. The molecule has 1 saturated heterocycles. The summed E-state index contributed by atoms with van der Waals surface area (Å²) >= 11 is 0. The number of anilines is 1. The molecule has 230 valence electrons. The number of halogens is 3.